The molecule has 7 rings (SSSR count). The fraction of sp³-hybridized carbons (Fsp3) is 0.267. The molecule has 0 saturated carbocycles. The summed E-state index contributed by atoms with van der Waals surface area (Å²) in [5.74, 6) is 0.360. The van der Waals surface area contributed by atoms with Crippen molar-refractivity contribution in [3.63, 3.8) is 0 Å². The van der Waals surface area contributed by atoms with E-state index < -0.39 is 33.6 Å². The largest absolute Gasteiger partial charge is 0.508 e. The molecule has 2 aliphatic rings. The van der Waals surface area contributed by atoms with Crippen LogP contribution in [0.3, 0.4) is 0 Å². The quantitative estimate of drug-likeness (QED) is 0.267. The number of pyridine rings is 1. The molecule has 5 aromatic rings. The number of aromatic hydroxyl groups is 1. The Kier molecular flexibility index (Phi) is 6.69. The number of benzene rings is 2. The zero-order chi connectivity index (χ0) is 31.7. The van der Waals surface area contributed by atoms with E-state index in [0.29, 0.717) is 22.3 Å². The molecule has 0 aliphatic carbocycles. The van der Waals surface area contributed by atoms with Gasteiger partial charge in [-0.05, 0) is 43.0 Å². The van der Waals surface area contributed by atoms with Crippen LogP contribution >= 0.6 is 0 Å². The van der Waals surface area contributed by atoms with Crippen LogP contribution in [0.2, 0.25) is 0 Å². The lowest BCUT2D eigenvalue weighted by molar-refractivity contribution is 0.107. The lowest BCUT2D eigenvalue weighted by atomic mass is 9.95. The van der Waals surface area contributed by atoms with Crippen molar-refractivity contribution >= 4 is 31.9 Å². The molecule has 0 radical (unpaired) electrons. The van der Waals surface area contributed by atoms with Crippen LogP contribution in [0.4, 0.5) is 13.2 Å². The van der Waals surface area contributed by atoms with Crippen molar-refractivity contribution in [2.75, 3.05) is 19.7 Å². The Bertz CT molecular complexity index is 2190. The molecule has 0 bridgehead atoms. The number of halogens is 3. The van der Waals surface area contributed by atoms with Gasteiger partial charge in [0.1, 0.15) is 53.3 Å². The van der Waals surface area contributed by atoms with Crippen molar-refractivity contribution in [3.05, 3.63) is 60.2 Å². The van der Waals surface area contributed by atoms with Gasteiger partial charge in [0.05, 0.1) is 17.3 Å². The van der Waals surface area contributed by atoms with Crippen molar-refractivity contribution in [2.45, 2.75) is 31.0 Å². The summed E-state index contributed by atoms with van der Waals surface area (Å²) >= 11 is 0. The summed E-state index contributed by atoms with van der Waals surface area (Å²) in [6.07, 6.45) is 9.74. The normalized spacial score (nSPS) is 20.1. The Morgan fingerprint density at radius 1 is 1.20 bits per heavy atom. The van der Waals surface area contributed by atoms with Gasteiger partial charge in [-0.3, -0.25) is 9.88 Å². The molecule has 0 amide bonds. The topological polar surface area (TPSA) is 149 Å². The summed E-state index contributed by atoms with van der Waals surface area (Å²) in [5.41, 5.74) is -1.29. The lowest BCUT2D eigenvalue weighted by Gasteiger charge is -2.30. The van der Waals surface area contributed by atoms with Gasteiger partial charge in [0.15, 0.2) is 5.82 Å². The van der Waals surface area contributed by atoms with E-state index in [2.05, 4.69) is 25.9 Å². The predicted octanol–water partition coefficient (Wildman–Crippen LogP) is 3.68. The van der Waals surface area contributed by atoms with Gasteiger partial charge >= 0.3 is 16.2 Å². The summed E-state index contributed by atoms with van der Waals surface area (Å²) in [7, 11) is -4.20. The highest BCUT2D eigenvalue weighted by Crippen LogP contribution is 2.41. The molecule has 2 aliphatic heterocycles. The second-order valence-corrected chi connectivity index (χ2v) is 12.6. The van der Waals surface area contributed by atoms with Crippen LogP contribution in [0.1, 0.15) is 24.8 Å². The summed E-state index contributed by atoms with van der Waals surface area (Å²) < 4.78 is 76.2. The molecule has 2 fully saturated rings. The Morgan fingerprint density at radius 3 is 2.78 bits per heavy atom. The minimum Gasteiger partial charge on any atom is -0.508 e. The van der Waals surface area contributed by atoms with E-state index in [1.54, 1.807) is 0 Å². The van der Waals surface area contributed by atoms with Crippen LogP contribution in [0.15, 0.2) is 43.0 Å². The minimum absolute atomic E-state index is 0.0000595. The van der Waals surface area contributed by atoms with Gasteiger partial charge in [0, 0.05) is 35.5 Å². The first-order valence-corrected chi connectivity index (χ1v) is 15.4. The summed E-state index contributed by atoms with van der Waals surface area (Å²) in [4.78, 5) is 19.2. The number of alkyl halides is 1. The Labute approximate surface area is 254 Å². The van der Waals surface area contributed by atoms with Crippen LogP contribution in [-0.2, 0) is 10.2 Å². The number of fused-ring (bicyclic) bond motifs is 3. The van der Waals surface area contributed by atoms with Gasteiger partial charge in [0.25, 0.3) is 0 Å². The first kappa shape index (κ1) is 29.0. The van der Waals surface area contributed by atoms with Gasteiger partial charge in [-0.15, -0.1) is 6.42 Å². The van der Waals surface area contributed by atoms with Crippen LogP contribution in [-0.4, -0.2) is 73.7 Å². The van der Waals surface area contributed by atoms with Gasteiger partial charge in [-0.2, -0.15) is 18.4 Å². The molecule has 0 spiro atoms. The smallest absolute Gasteiger partial charge is 0.317 e. The van der Waals surface area contributed by atoms with E-state index in [1.165, 1.54) is 24.4 Å². The number of terminal acetylenes is 1. The molecule has 230 valence electrons. The number of ether oxygens (including phenoxy) is 1. The number of imidazole rings is 1. The van der Waals surface area contributed by atoms with Crippen molar-refractivity contribution < 1.29 is 31.4 Å². The molecule has 11 nitrogen and oxygen atoms in total. The Hall–Kier alpha value is -4.78. The lowest BCUT2D eigenvalue weighted by Crippen LogP contribution is -2.43. The number of aromatic nitrogens is 5. The van der Waals surface area contributed by atoms with Crippen LogP contribution < -0.4 is 9.88 Å². The highest BCUT2D eigenvalue weighted by Gasteiger charge is 2.49. The number of hydrogen-bond acceptors (Lipinski definition) is 9. The van der Waals surface area contributed by atoms with Gasteiger partial charge < -0.3 is 9.84 Å². The number of rotatable bonds is 6. The molecular weight excluding hydrogens is 611 g/mol. The second-order valence-electron chi connectivity index (χ2n) is 11.2. The Balaban J connectivity index is 1.42. The van der Waals surface area contributed by atoms with E-state index in [4.69, 9.17) is 16.3 Å². The molecule has 3 aromatic heterocycles. The minimum atomic E-state index is -4.20. The molecule has 2 aromatic carbocycles. The summed E-state index contributed by atoms with van der Waals surface area (Å²) in [5, 5.41) is 16.2. The zero-order valence-electron chi connectivity index (χ0n) is 23.4. The molecule has 0 unspecified atom stereocenters. The van der Waals surface area contributed by atoms with Crippen LogP contribution in [0.5, 0.6) is 11.8 Å². The summed E-state index contributed by atoms with van der Waals surface area (Å²) in [6, 6.07) is 4.86. The van der Waals surface area contributed by atoms with Crippen LogP contribution in [0, 0.1) is 24.0 Å². The molecule has 2 atom stereocenters. The van der Waals surface area contributed by atoms with E-state index in [-0.39, 0.29) is 69.3 Å². The third-order valence-corrected chi connectivity index (χ3v) is 9.23. The fourth-order valence-electron chi connectivity index (χ4n) is 6.45. The zero-order valence-corrected chi connectivity index (χ0v) is 24.2. The fourth-order valence-corrected chi connectivity index (χ4v) is 6.88. The average Bonchev–Trinajstić information content (AvgIpc) is 3.71. The standard InChI is InChI=1S/C30H24F3N7O4S/c1-2-19-22(32)5-4-16-8-18(41)9-20(24(16)19)27-25(33)28-21(11-35-27)26(23-13-40(15-36-23)45(34,42)43)37-29(38-28)44-14-30-6-3-7-39(30)12-17(31)10-30/h1,4-5,8-9,11,13,15,17,41H,3,6-7,10,12,14H2,(H2,34,42,43)/t17-,30+/m1/s1. The SMILES string of the molecule is C#Cc1c(F)ccc2cc(O)cc(-c3ncc4c(-c5cn(S(N)(=O)=O)cn5)nc(OC[C@@]56CCCN5C[C@H](F)C6)nc4c3F)c12. The highest BCUT2D eigenvalue weighted by molar-refractivity contribution is 7.87. The van der Waals surface area contributed by atoms with Crippen LogP contribution in [0.25, 0.3) is 44.3 Å². The van der Waals surface area contributed by atoms with Gasteiger partial charge in [-0.1, -0.05) is 12.0 Å². The third kappa shape index (κ3) is 4.82. The van der Waals surface area contributed by atoms with Crippen molar-refractivity contribution in [3.8, 4) is 46.7 Å². The predicted molar refractivity (Wildman–Crippen MR) is 158 cm³/mol. The second kappa shape index (κ2) is 10.4. The van der Waals surface area contributed by atoms with Gasteiger partial charge in [0.2, 0.25) is 0 Å². The maximum absolute atomic E-state index is 16.6. The monoisotopic (exact) mass is 635 g/mol. The maximum Gasteiger partial charge on any atom is 0.317 e. The number of hydrogen-bond donors (Lipinski definition) is 2. The average molecular weight is 636 g/mol. The van der Waals surface area contributed by atoms with Crippen molar-refractivity contribution in [2.24, 2.45) is 5.14 Å². The first-order valence-electron chi connectivity index (χ1n) is 13.9. The maximum atomic E-state index is 16.6. The van der Waals surface area contributed by atoms with Gasteiger partial charge in [-0.25, -0.2) is 27.3 Å². The Morgan fingerprint density at radius 2 is 2.02 bits per heavy atom. The number of phenols is 1. The van der Waals surface area contributed by atoms with E-state index in [9.17, 15) is 22.3 Å². The van der Waals surface area contributed by atoms with E-state index >= 15 is 4.39 Å². The first-order chi connectivity index (χ1) is 21.5. The molecule has 3 N–H and O–H groups in total. The highest BCUT2D eigenvalue weighted by atomic mass is 32.2. The van der Waals surface area contributed by atoms with E-state index in [1.807, 2.05) is 4.90 Å². The number of nitrogens with two attached hydrogens (primary N) is 1. The molecule has 45 heavy (non-hydrogen) atoms. The number of nitrogens with zero attached hydrogens (tertiary/aromatic N) is 6. The third-order valence-electron chi connectivity index (χ3n) is 8.44. The molecular formula is C30H24F3N7O4S. The van der Waals surface area contributed by atoms with E-state index in [0.717, 1.165) is 31.6 Å². The van der Waals surface area contributed by atoms with Crippen molar-refractivity contribution in [1.82, 2.24) is 28.8 Å². The number of phenolic OH excluding ortho intramolecular Hbond substituents is 1. The molecule has 15 heteroatoms. The molecule has 2 saturated heterocycles. The summed E-state index contributed by atoms with van der Waals surface area (Å²) in [6.45, 7) is 1.05. The molecule has 5 heterocycles. The van der Waals surface area contributed by atoms with Crippen molar-refractivity contribution in [1.29, 1.82) is 0 Å².